The number of hydrogen-bond acceptors (Lipinski definition) is 0. The van der Waals surface area contributed by atoms with Gasteiger partial charge in [-0.1, -0.05) is 19.3 Å². The summed E-state index contributed by atoms with van der Waals surface area (Å²) in [5.74, 6) is 0.353. The largest absolute Gasteiger partial charge is 0.310 e. The van der Waals surface area contributed by atoms with E-state index in [2.05, 4.69) is 4.85 Å². The van der Waals surface area contributed by atoms with E-state index in [-0.39, 0.29) is 6.04 Å². The number of nitrogens with zero attached hydrogens (tertiary/aromatic N) is 1. The molecule has 1 nitrogen and oxygen atoms in total. The summed E-state index contributed by atoms with van der Waals surface area (Å²) in [6.45, 7) is 6.33. The molecule has 62 valence electrons. The van der Waals surface area contributed by atoms with Gasteiger partial charge in [-0.25, -0.2) is 11.0 Å². The molecule has 1 fully saturated rings. The first kappa shape index (κ1) is 8.52. The fraction of sp³-hybridized carbons (Fsp3) is 0.889. The lowest BCUT2D eigenvalue weighted by molar-refractivity contribution is 0.289. The molecule has 1 aliphatic rings. The van der Waals surface area contributed by atoms with Crippen molar-refractivity contribution in [3.63, 3.8) is 0 Å². The standard InChI is InChI=1S/C9H14FN/c1-11-9(7-10)8-5-3-2-4-6-8/h8-9H,2-7H2. The van der Waals surface area contributed by atoms with Gasteiger partial charge >= 0.3 is 0 Å². The summed E-state index contributed by atoms with van der Waals surface area (Å²) < 4.78 is 12.2. The van der Waals surface area contributed by atoms with E-state index in [9.17, 15) is 4.39 Å². The van der Waals surface area contributed by atoms with Gasteiger partial charge in [-0.15, -0.1) is 0 Å². The molecular formula is C9H14FN. The summed E-state index contributed by atoms with van der Waals surface area (Å²) in [6.07, 6.45) is 5.79. The van der Waals surface area contributed by atoms with E-state index in [4.69, 9.17) is 6.57 Å². The molecular weight excluding hydrogens is 141 g/mol. The van der Waals surface area contributed by atoms with Crippen molar-refractivity contribution in [1.29, 1.82) is 0 Å². The third-order valence-corrected chi connectivity index (χ3v) is 2.52. The first-order valence-electron chi connectivity index (χ1n) is 4.31. The molecule has 11 heavy (non-hydrogen) atoms. The van der Waals surface area contributed by atoms with Crippen molar-refractivity contribution >= 4 is 0 Å². The van der Waals surface area contributed by atoms with Gasteiger partial charge in [0.25, 0.3) is 6.04 Å². The van der Waals surface area contributed by atoms with Crippen LogP contribution in [-0.2, 0) is 0 Å². The Morgan fingerprint density at radius 1 is 1.36 bits per heavy atom. The van der Waals surface area contributed by atoms with Crippen LogP contribution in [0.4, 0.5) is 4.39 Å². The van der Waals surface area contributed by atoms with Crippen LogP contribution in [0, 0.1) is 12.5 Å². The Labute approximate surface area is 67.4 Å². The van der Waals surface area contributed by atoms with E-state index in [1.165, 1.54) is 19.3 Å². The highest BCUT2D eigenvalue weighted by molar-refractivity contribution is 4.86. The first-order chi connectivity index (χ1) is 5.38. The van der Waals surface area contributed by atoms with Gasteiger partial charge in [0, 0.05) is 5.92 Å². The SMILES string of the molecule is [C-]#[N+]C(CF)C1CCCCC1. The summed E-state index contributed by atoms with van der Waals surface area (Å²) in [5, 5.41) is 0. The molecule has 0 saturated heterocycles. The molecule has 1 rings (SSSR count). The molecule has 0 N–H and O–H groups in total. The maximum atomic E-state index is 12.2. The monoisotopic (exact) mass is 155 g/mol. The van der Waals surface area contributed by atoms with Crippen LogP contribution in [0.15, 0.2) is 0 Å². The minimum atomic E-state index is -0.450. The van der Waals surface area contributed by atoms with Crippen LogP contribution in [0.25, 0.3) is 4.85 Å². The molecule has 0 spiro atoms. The second-order valence-corrected chi connectivity index (χ2v) is 3.25. The number of halogens is 1. The minimum Gasteiger partial charge on any atom is -0.310 e. The smallest absolute Gasteiger partial charge is 0.254 e. The van der Waals surface area contributed by atoms with Gasteiger partial charge in [-0.05, 0) is 12.8 Å². The molecule has 1 unspecified atom stereocenters. The minimum absolute atomic E-state index is 0.338. The van der Waals surface area contributed by atoms with Gasteiger partial charge in [0.15, 0.2) is 6.67 Å². The molecule has 0 aromatic heterocycles. The molecule has 1 atom stereocenters. The quantitative estimate of drug-likeness (QED) is 0.540. The van der Waals surface area contributed by atoms with Crippen LogP contribution in [0.3, 0.4) is 0 Å². The van der Waals surface area contributed by atoms with E-state index in [1.54, 1.807) is 0 Å². The fourth-order valence-electron chi connectivity index (χ4n) is 1.78. The van der Waals surface area contributed by atoms with Crippen molar-refractivity contribution in [2.75, 3.05) is 6.67 Å². The summed E-state index contributed by atoms with van der Waals surface area (Å²) >= 11 is 0. The van der Waals surface area contributed by atoms with Crippen LogP contribution >= 0.6 is 0 Å². The van der Waals surface area contributed by atoms with Crippen molar-refractivity contribution in [3.8, 4) is 0 Å². The zero-order valence-electron chi connectivity index (χ0n) is 6.72. The zero-order chi connectivity index (χ0) is 8.10. The normalized spacial score (nSPS) is 22.5. The van der Waals surface area contributed by atoms with Crippen LogP contribution in [-0.4, -0.2) is 12.7 Å². The summed E-state index contributed by atoms with van der Waals surface area (Å²) in [4.78, 5) is 3.31. The van der Waals surface area contributed by atoms with Gasteiger partial charge in [0.2, 0.25) is 0 Å². The van der Waals surface area contributed by atoms with Crippen molar-refractivity contribution < 1.29 is 4.39 Å². The third kappa shape index (κ3) is 2.18. The first-order valence-corrected chi connectivity index (χ1v) is 4.31. The van der Waals surface area contributed by atoms with E-state index >= 15 is 0 Å². The van der Waals surface area contributed by atoms with E-state index in [1.807, 2.05) is 0 Å². The molecule has 1 saturated carbocycles. The van der Waals surface area contributed by atoms with Gasteiger partial charge in [-0.3, -0.25) is 0 Å². The Hall–Kier alpha value is -0.580. The maximum Gasteiger partial charge on any atom is 0.254 e. The van der Waals surface area contributed by atoms with Gasteiger partial charge in [-0.2, -0.15) is 0 Å². The van der Waals surface area contributed by atoms with Crippen molar-refractivity contribution in [1.82, 2.24) is 0 Å². The van der Waals surface area contributed by atoms with Gasteiger partial charge < -0.3 is 4.85 Å². The molecule has 0 aromatic rings. The Bertz CT molecular complexity index is 144. The number of alkyl halides is 1. The Morgan fingerprint density at radius 2 is 2.00 bits per heavy atom. The molecule has 0 radical (unpaired) electrons. The lowest BCUT2D eigenvalue weighted by atomic mass is 9.85. The number of hydrogen-bond donors (Lipinski definition) is 0. The van der Waals surface area contributed by atoms with Crippen LogP contribution < -0.4 is 0 Å². The Morgan fingerprint density at radius 3 is 2.45 bits per heavy atom. The molecule has 0 bridgehead atoms. The molecule has 2 heteroatoms. The topological polar surface area (TPSA) is 4.36 Å². The second-order valence-electron chi connectivity index (χ2n) is 3.25. The molecule has 0 aliphatic heterocycles. The molecule has 0 amide bonds. The second kappa shape index (κ2) is 4.33. The average Bonchev–Trinajstić information content (AvgIpc) is 2.09. The highest BCUT2D eigenvalue weighted by Crippen LogP contribution is 2.28. The zero-order valence-corrected chi connectivity index (χ0v) is 6.72. The van der Waals surface area contributed by atoms with Gasteiger partial charge in [0.1, 0.15) is 0 Å². The highest BCUT2D eigenvalue weighted by atomic mass is 19.1. The Kier molecular flexibility index (Phi) is 3.35. The van der Waals surface area contributed by atoms with E-state index in [0.29, 0.717) is 5.92 Å². The Balaban J connectivity index is 2.38. The van der Waals surface area contributed by atoms with Crippen molar-refractivity contribution in [3.05, 3.63) is 11.4 Å². The van der Waals surface area contributed by atoms with E-state index < -0.39 is 6.67 Å². The highest BCUT2D eigenvalue weighted by Gasteiger charge is 2.27. The lowest BCUT2D eigenvalue weighted by Crippen LogP contribution is -2.21. The average molecular weight is 155 g/mol. The van der Waals surface area contributed by atoms with Crippen LogP contribution in [0.5, 0.6) is 0 Å². The maximum absolute atomic E-state index is 12.2. The predicted molar refractivity (Wildman–Crippen MR) is 42.9 cm³/mol. The predicted octanol–water partition coefficient (Wildman–Crippen LogP) is 2.82. The molecule has 1 aliphatic carbocycles. The van der Waals surface area contributed by atoms with Crippen molar-refractivity contribution in [2.24, 2.45) is 5.92 Å². The van der Waals surface area contributed by atoms with E-state index in [0.717, 1.165) is 12.8 Å². The summed E-state index contributed by atoms with van der Waals surface area (Å²) in [5.41, 5.74) is 0. The third-order valence-electron chi connectivity index (χ3n) is 2.52. The lowest BCUT2D eigenvalue weighted by Gasteiger charge is -2.20. The van der Waals surface area contributed by atoms with Crippen LogP contribution in [0.2, 0.25) is 0 Å². The van der Waals surface area contributed by atoms with Gasteiger partial charge in [0.05, 0.1) is 0 Å². The fourth-order valence-corrected chi connectivity index (χ4v) is 1.78. The number of rotatable bonds is 2. The van der Waals surface area contributed by atoms with Crippen molar-refractivity contribution in [2.45, 2.75) is 38.1 Å². The summed E-state index contributed by atoms with van der Waals surface area (Å²) in [6, 6.07) is -0.338. The molecule has 0 heterocycles. The molecule has 0 aromatic carbocycles. The van der Waals surface area contributed by atoms with Crippen LogP contribution in [0.1, 0.15) is 32.1 Å². The summed E-state index contributed by atoms with van der Waals surface area (Å²) in [7, 11) is 0.